The van der Waals surface area contributed by atoms with Crippen molar-refractivity contribution in [3.05, 3.63) is 23.3 Å². The van der Waals surface area contributed by atoms with Crippen molar-refractivity contribution in [3.63, 3.8) is 0 Å². The highest BCUT2D eigenvalue weighted by atomic mass is 16.6. The van der Waals surface area contributed by atoms with Crippen molar-refractivity contribution < 1.29 is 9.84 Å². The highest BCUT2D eigenvalue weighted by Gasteiger charge is 2.54. The van der Waals surface area contributed by atoms with E-state index >= 15 is 0 Å². The number of piperidine rings is 1. The van der Waals surface area contributed by atoms with E-state index in [4.69, 9.17) is 4.74 Å². The topological polar surface area (TPSA) is 41.5 Å². The molecule has 1 aliphatic heterocycles. The van der Waals surface area contributed by atoms with Crippen LogP contribution in [0.1, 0.15) is 44.9 Å². The lowest BCUT2D eigenvalue weighted by Crippen LogP contribution is -2.58. The van der Waals surface area contributed by atoms with E-state index < -0.39 is 5.79 Å². The van der Waals surface area contributed by atoms with Crippen LogP contribution in [-0.2, 0) is 4.74 Å². The van der Waals surface area contributed by atoms with E-state index in [9.17, 15) is 5.11 Å². The van der Waals surface area contributed by atoms with E-state index in [0.717, 1.165) is 18.9 Å². The molecule has 4 aliphatic rings. The number of allylic oxidation sites excluding steroid dienone is 1. The van der Waals surface area contributed by atoms with Crippen molar-refractivity contribution >= 4 is 0 Å². The van der Waals surface area contributed by atoms with Gasteiger partial charge in [0.2, 0.25) is 0 Å². The Morgan fingerprint density at radius 2 is 2.25 bits per heavy atom. The molecular weight excluding hydrogens is 250 g/mol. The van der Waals surface area contributed by atoms with Crippen LogP contribution < -0.4 is 5.32 Å². The average molecular weight is 275 g/mol. The number of hydrogen-bond donors (Lipinski definition) is 2. The van der Waals surface area contributed by atoms with Gasteiger partial charge in [0.1, 0.15) is 0 Å². The van der Waals surface area contributed by atoms with Crippen molar-refractivity contribution in [2.75, 3.05) is 13.7 Å². The lowest BCUT2D eigenvalue weighted by atomic mass is 9.50. The minimum atomic E-state index is -1.08. The summed E-state index contributed by atoms with van der Waals surface area (Å²) in [6.45, 7) is 1.12. The Labute approximate surface area is 121 Å². The summed E-state index contributed by atoms with van der Waals surface area (Å²) >= 11 is 0. The van der Waals surface area contributed by atoms with Crippen LogP contribution >= 0.6 is 0 Å². The first kappa shape index (κ1) is 13.1. The molecule has 0 spiro atoms. The van der Waals surface area contributed by atoms with Gasteiger partial charge in [-0.25, -0.2) is 0 Å². The Balaban J connectivity index is 1.81. The SMILES string of the molecule is COC1(O)C=C2C(=CC1)C[C@H]1NCC[C@@]23CCCC[C@@H]13. The molecule has 4 atom stereocenters. The average Bonchev–Trinajstić information content (AvgIpc) is 2.48. The van der Waals surface area contributed by atoms with Crippen molar-refractivity contribution in [3.8, 4) is 0 Å². The molecule has 3 aliphatic carbocycles. The van der Waals surface area contributed by atoms with Gasteiger partial charge in [-0.2, -0.15) is 0 Å². The fraction of sp³-hybridized carbons (Fsp3) is 0.765. The van der Waals surface area contributed by atoms with E-state index in [1.807, 2.05) is 0 Å². The molecule has 1 heterocycles. The molecule has 2 bridgehead atoms. The maximum atomic E-state index is 10.5. The van der Waals surface area contributed by atoms with E-state index in [1.54, 1.807) is 7.11 Å². The van der Waals surface area contributed by atoms with E-state index in [0.29, 0.717) is 17.9 Å². The summed E-state index contributed by atoms with van der Waals surface area (Å²) in [6, 6.07) is 0.654. The van der Waals surface area contributed by atoms with Crippen LogP contribution in [0.3, 0.4) is 0 Å². The van der Waals surface area contributed by atoms with Crippen LogP contribution in [0.25, 0.3) is 0 Å². The van der Waals surface area contributed by atoms with Gasteiger partial charge in [-0.15, -0.1) is 0 Å². The molecule has 3 heteroatoms. The van der Waals surface area contributed by atoms with E-state index in [-0.39, 0.29) is 0 Å². The first-order chi connectivity index (χ1) is 9.67. The van der Waals surface area contributed by atoms with Crippen molar-refractivity contribution in [2.45, 2.75) is 56.8 Å². The smallest absolute Gasteiger partial charge is 0.189 e. The first-order valence-corrected chi connectivity index (χ1v) is 8.11. The normalized spacial score (nSPS) is 46.9. The summed E-state index contributed by atoms with van der Waals surface area (Å²) in [5, 5.41) is 14.3. The quantitative estimate of drug-likeness (QED) is 0.723. The molecule has 1 unspecified atom stereocenters. The van der Waals surface area contributed by atoms with Gasteiger partial charge in [0, 0.05) is 25.0 Å². The van der Waals surface area contributed by atoms with Crippen molar-refractivity contribution in [1.29, 1.82) is 0 Å². The fourth-order valence-corrected chi connectivity index (χ4v) is 5.26. The molecule has 0 aromatic heterocycles. The number of rotatable bonds is 1. The lowest BCUT2D eigenvalue weighted by molar-refractivity contribution is -0.146. The molecule has 20 heavy (non-hydrogen) atoms. The van der Waals surface area contributed by atoms with Gasteiger partial charge < -0.3 is 15.2 Å². The highest BCUT2D eigenvalue weighted by molar-refractivity contribution is 5.46. The molecule has 0 aromatic rings. The van der Waals surface area contributed by atoms with Gasteiger partial charge in [0.15, 0.2) is 5.79 Å². The van der Waals surface area contributed by atoms with Gasteiger partial charge in [0.05, 0.1) is 0 Å². The third kappa shape index (κ3) is 1.69. The zero-order valence-corrected chi connectivity index (χ0v) is 12.3. The molecule has 3 fully saturated rings. The lowest BCUT2D eigenvalue weighted by Gasteiger charge is -2.58. The number of ether oxygens (including phenoxy) is 1. The number of aliphatic hydroxyl groups is 1. The van der Waals surface area contributed by atoms with Crippen LogP contribution in [0.5, 0.6) is 0 Å². The summed E-state index contributed by atoms with van der Waals surface area (Å²) in [6.07, 6.45) is 12.6. The molecule has 2 saturated carbocycles. The maximum Gasteiger partial charge on any atom is 0.189 e. The van der Waals surface area contributed by atoms with Crippen LogP contribution in [0.4, 0.5) is 0 Å². The molecular formula is C17H25NO2. The van der Waals surface area contributed by atoms with Crippen molar-refractivity contribution in [2.24, 2.45) is 11.3 Å². The minimum absolute atomic E-state index is 0.311. The summed E-state index contributed by atoms with van der Waals surface area (Å²) < 4.78 is 5.36. The summed E-state index contributed by atoms with van der Waals surface area (Å²) in [7, 11) is 1.61. The molecule has 110 valence electrons. The Bertz CT molecular complexity index is 479. The molecule has 0 amide bonds. The molecule has 4 rings (SSSR count). The third-order valence-electron chi connectivity index (χ3n) is 6.25. The second-order valence-electron chi connectivity index (χ2n) is 7.06. The molecule has 2 N–H and O–H groups in total. The first-order valence-electron chi connectivity index (χ1n) is 8.11. The number of nitrogens with one attached hydrogen (secondary N) is 1. The van der Waals surface area contributed by atoms with Crippen LogP contribution in [0.2, 0.25) is 0 Å². The van der Waals surface area contributed by atoms with Crippen LogP contribution in [0, 0.1) is 11.3 Å². The Morgan fingerprint density at radius 1 is 1.35 bits per heavy atom. The Kier molecular flexibility index (Phi) is 2.89. The van der Waals surface area contributed by atoms with E-state index in [1.165, 1.54) is 43.3 Å². The van der Waals surface area contributed by atoms with Gasteiger partial charge in [-0.3, -0.25) is 0 Å². The van der Waals surface area contributed by atoms with Gasteiger partial charge in [0.25, 0.3) is 0 Å². The second kappa shape index (κ2) is 4.43. The van der Waals surface area contributed by atoms with E-state index in [2.05, 4.69) is 17.5 Å². The zero-order valence-electron chi connectivity index (χ0n) is 12.3. The Hall–Kier alpha value is -0.640. The predicted molar refractivity (Wildman–Crippen MR) is 78.2 cm³/mol. The molecule has 0 radical (unpaired) electrons. The molecule has 0 aromatic carbocycles. The van der Waals surface area contributed by atoms with Gasteiger partial charge in [-0.05, 0) is 55.4 Å². The third-order valence-corrected chi connectivity index (χ3v) is 6.25. The highest BCUT2D eigenvalue weighted by Crippen LogP contribution is 2.59. The second-order valence-corrected chi connectivity index (χ2v) is 7.06. The largest absolute Gasteiger partial charge is 0.362 e. The maximum absolute atomic E-state index is 10.5. The van der Waals surface area contributed by atoms with Crippen molar-refractivity contribution in [1.82, 2.24) is 5.32 Å². The standard InChI is InChI=1S/C17H25NO2/c1-20-17(19)7-5-12-10-15-13-4-2-3-6-16(13,8-9-18-15)14(12)11-17/h5,11,13,15,18-19H,2-4,6-10H2,1H3/t13-,15+,16+,17?/m0/s1. The van der Waals surface area contributed by atoms with Gasteiger partial charge >= 0.3 is 0 Å². The summed E-state index contributed by atoms with van der Waals surface area (Å²) in [5.74, 6) is -0.319. The summed E-state index contributed by atoms with van der Waals surface area (Å²) in [4.78, 5) is 0. The molecule has 3 nitrogen and oxygen atoms in total. The predicted octanol–water partition coefficient (Wildman–Crippen LogP) is 2.52. The summed E-state index contributed by atoms with van der Waals surface area (Å²) in [5.41, 5.74) is 3.21. The Morgan fingerprint density at radius 3 is 3.10 bits per heavy atom. The van der Waals surface area contributed by atoms with Gasteiger partial charge in [-0.1, -0.05) is 18.9 Å². The minimum Gasteiger partial charge on any atom is -0.362 e. The monoisotopic (exact) mass is 275 g/mol. The number of hydrogen-bond acceptors (Lipinski definition) is 3. The zero-order chi connectivity index (χ0) is 13.8. The fourth-order valence-electron chi connectivity index (χ4n) is 5.26. The van der Waals surface area contributed by atoms with Crippen LogP contribution in [-0.4, -0.2) is 30.6 Å². The molecule has 1 saturated heterocycles. The number of methoxy groups -OCH3 is 1. The number of fused-ring (bicyclic) bond motifs is 1. The van der Waals surface area contributed by atoms with Crippen LogP contribution in [0.15, 0.2) is 23.3 Å².